The highest BCUT2D eigenvalue weighted by Gasteiger charge is 2.24. The minimum atomic E-state index is -4.09. The molecule has 11 heteroatoms. The summed E-state index contributed by atoms with van der Waals surface area (Å²) in [6, 6.07) is 7.84. The fraction of sp³-hybridized carbons (Fsp3) is 0.294. The number of methoxy groups -OCH3 is 1. The Bertz CT molecular complexity index is 1050. The number of nitrogens with zero attached hydrogens (tertiary/aromatic N) is 1. The second kappa shape index (κ2) is 8.87. The molecule has 0 heterocycles. The number of anilines is 1. The van der Waals surface area contributed by atoms with E-state index in [2.05, 4.69) is 4.72 Å². The van der Waals surface area contributed by atoms with Gasteiger partial charge >= 0.3 is 0 Å². The molecule has 0 spiro atoms. The lowest BCUT2D eigenvalue weighted by Crippen LogP contribution is -2.30. The number of benzene rings is 2. The SMILES string of the molecule is CCN(CC)S(=O)(=O)c1ccc(OC)c(NS(=O)(=O)c2cc(Cl)cc(Cl)c2)c1. The molecule has 0 radical (unpaired) electrons. The van der Waals surface area contributed by atoms with E-state index in [0.29, 0.717) is 0 Å². The zero-order valence-electron chi connectivity index (χ0n) is 15.4. The van der Waals surface area contributed by atoms with Crippen molar-refractivity contribution in [2.45, 2.75) is 23.6 Å². The van der Waals surface area contributed by atoms with Crippen LogP contribution in [0.1, 0.15) is 13.8 Å². The monoisotopic (exact) mass is 466 g/mol. The standard InChI is InChI=1S/C17H20Cl2N2O5S2/c1-4-21(5-2)28(24,25)14-6-7-17(26-3)16(11-14)20-27(22,23)15-9-12(18)8-13(19)10-15/h6-11,20H,4-5H2,1-3H3. The molecule has 0 aromatic heterocycles. The molecule has 28 heavy (non-hydrogen) atoms. The molecule has 0 saturated carbocycles. The molecule has 0 bridgehead atoms. The Labute approximate surface area is 175 Å². The van der Waals surface area contributed by atoms with Crippen LogP contribution in [-0.2, 0) is 20.0 Å². The highest BCUT2D eigenvalue weighted by molar-refractivity contribution is 7.92. The Balaban J connectivity index is 2.53. The van der Waals surface area contributed by atoms with Crippen molar-refractivity contribution >= 4 is 48.9 Å². The van der Waals surface area contributed by atoms with Crippen LogP contribution in [0, 0.1) is 0 Å². The first kappa shape index (κ1) is 22.8. The number of hydrogen-bond acceptors (Lipinski definition) is 5. The number of nitrogens with one attached hydrogen (secondary N) is 1. The third-order valence-corrected chi connectivity index (χ3v) is 7.73. The number of rotatable bonds is 8. The quantitative estimate of drug-likeness (QED) is 0.637. The summed E-state index contributed by atoms with van der Waals surface area (Å²) in [6.07, 6.45) is 0. The highest BCUT2D eigenvalue weighted by Crippen LogP contribution is 2.32. The van der Waals surface area contributed by atoms with E-state index in [1.807, 2.05) is 0 Å². The van der Waals surface area contributed by atoms with E-state index in [-0.39, 0.29) is 44.4 Å². The zero-order chi connectivity index (χ0) is 21.1. The van der Waals surface area contributed by atoms with E-state index in [1.165, 1.54) is 47.8 Å². The van der Waals surface area contributed by atoms with Gasteiger partial charge < -0.3 is 4.74 Å². The van der Waals surface area contributed by atoms with Crippen molar-refractivity contribution in [1.82, 2.24) is 4.31 Å². The largest absolute Gasteiger partial charge is 0.495 e. The fourth-order valence-electron chi connectivity index (χ4n) is 2.53. The molecule has 1 N–H and O–H groups in total. The third kappa shape index (κ3) is 4.90. The van der Waals surface area contributed by atoms with Crippen molar-refractivity contribution in [2.24, 2.45) is 0 Å². The van der Waals surface area contributed by atoms with Crippen LogP contribution in [0.15, 0.2) is 46.2 Å². The van der Waals surface area contributed by atoms with Gasteiger partial charge in [0.05, 0.1) is 22.6 Å². The summed E-state index contributed by atoms with van der Waals surface area (Å²) >= 11 is 11.8. The van der Waals surface area contributed by atoms with Crippen molar-refractivity contribution in [3.8, 4) is 5.75 Å². The van der Waals surface area contributed by atoms with Gasteiger partial charge in [0, 0.05) is 23.1 Å². The molecule has 0 aliphatic carbocycles. The summed E-state index contributed by atoms with van der Waals surface area (Å²) in [4.78, 5) is -0.220. The molecule has 0 atom stereocenters. The minimum Gasteiger partial charge on any atom is -0.495 e. The molecule has 7 nitrogen and oxygen atoms in total. The highest BCUT2D eigenvalue weighted by atomic mass is 35.5. The van der Waals surface area contributed by atoms with Crippen LogP contribution in [0.25, 0.3) is 0 Å². The van der Waals surface area contributed by atoms with E-state index in [0.717, 1.165) is 0 Å². The topological polar surface area (TPSA) is 92.8 Å². The van der Waals surface area contributed by atoms with E-state index in [1.54, 1.807) is 13.8 Å². The van der Waals surface area contributed by atoms with Gasteiger partial charge in [-0.3, -0.25) is 4.72 Å². The van der Waals surface area contributed by atoms with Crippen molar-refractivity contribution in [3.63, 3.8) is 0 Å². The molecule has 0 aliphatic heterocycles. The van der Waals surface area contributed by atoms with E-state index in [9.17, 15) is 16.8 Å². The second-order valence-corrected chi connectivity index (χ2v) is 10.2. The van der Waals surface area contributed by atoms with Crippen LogP contribution in [0.4, 0.5) is 5.69 Å². The second-order valence-electron chi connectivity index (χ2n) is 5.66. The molecule has 0 fully saturated rings. The fourth-order valence-corrected chi connectivity index (χ4v) is 5.80. The van der Waals surface area contributed by atoms with Crippen LogP contribution < -0.4 is 9.46 Å². The van der Waals surface area contributed by atoms with Crippen LogP contribution in [0.3, 0.4) is 0 Å². The molecular formula is C17H20Cl2N2O5S2. The van der Waals surface area contributed by atoms with Crippen LogP contribution >= 0.6 is 23.2 Å². The molecule has 0 unspecified atom stereocenters. The predicted octanol–water partition coefficient (Wildman–Crippen LogP) is 3.83. The Morgan fingerprint density at radius 2 is 1.50 bits per heavy atom. The predicted molar refractivity (Wildman–Crippen MR) is 110 cm³/mol. The van der Waals surface area contributed by atoms with Gasteiger partial charge in [0.2, 0.25) is 10.0 Å². The first-order chi connectivity index (χ1) is 13.0. The average Bonchev–Trinajstić information content (AvgIpc) is 2.61. The van der Waals surface area contributed by atoms with Crippen LogP contribution in [0.2, 0.25) is 10.0 Å². The van der Waals surface area contributed by atoms with Gasteiger partial charge in [0.1, 0.15) is 5.75 Å². The van der Waals surface area contributed by atoms with Gasteiger partial charge in [-0.2, -0.15) is 4.31 Å². The average molecular weight is 467 g/mol. The van der Waals surface area contributed by atoms with Crippen molar-refractivity contribution in [3.05, 3.63) is 46.4 Å². The van der Waals surface area contributed by atoms with Gasteiger partial charge in [0.15, 0.2) is 0 Å². The van der Waals surface area contributed by atoms with Gasteiger partial charge in [-0.25, -0.2) is 16.8 Å². The summed E-state index contributed by atoms with van der Waals surface area (Å²) in [5.41, 5.74) is -0.0215. The van der Waals surface area contributed by atoms with Crippen molar-refractivity contribution < 1.29 is 21.6 Å². The molecular weight excluding hydrogens is 447 g/mol. The lowest BCUT2D eigenvalue weighted by Gasteiger charge is -2.20. The van der Waals surface area contributed by atoms with Gasteiger partial charge in [-0.1, -0.05) is 37.0 Å². The lowest BCUT2D eigenvalue weighted by atomic mass is 10.3. The maximum Gasteiger partial charge on any atom is 0.262 e. The molecule has 2 rings (SSSR count). The van der Waals surface area contributed by atoms with Gasteiger partial charge in [0.25, 0.3) is 10.0 Å². The van der Waals surface area contributed by atoms with Gasteiger partial charge in [-0.05, 0) is 36.4 Å². The van der Waals surface area contributed by atoms with Crippen LogP contribution in [-0.4, -0.2) is 41.3 Å². The molecule has 0 aliphatic rings. The Hall–Kier alpha value is -1.52. The summed E-state index contributed by atoms with van der Waals surface area (Å²) in [5, 5.41) is 0.301. The number of hydrogen-bond donors (Lipinski definition) is 1. The van der Waals surface area contributed by atoms with Crippen molar-refractivity contribution in [1.29, 1.82) is 0 Å². The van der Waals surface area contributed by atoms with Crippen molar-refractivity contribution in [2.75, 3.05) is 24.9 Å². The number of sulfonamides is 2. The van der Waals surface area contributed by atoms with E-state index < -0.39 is 20.0 Å². The molecule has 0 amide bonds. The number of halogens is 2. The van der Waals surface area contributed by atoms with Crippen LogP contribution in [0.5, 0.6) is 5.75 Å². The summed E-state index contributed by atoms with van der Waals surface area (Å²) in [5.74, 6) is 0.162. The Morgan fingerprint density at radius 3 is 2.00 bits per heavy atom. The molecule has 2 aromatic rings. The van der Waals surface area contributed by atoms with Gasteiger partial charge in [-0.15, -0.1) is 0 Å². The maximum absolute atomic E-state index is 12.7. The number of ether oxygens (including phenoxy) is 1. The molecule has 0 saturated heterocycles. The summed E-state index contributed by atoms with van der Waals surface area (Å²) in [6.45, 7) is 4.01. The lowest BCUT2D eigenvalue weighted by molar-refractivity contribution is 0.416. The first-order valence-electron chi connectivity index (χ1n) is 8.22. The maximum atomic E-state index is 12.7. The summed E-state index contributed by atoms with van der Waals surface area (Å²) in [7, 11) is -6.52. The smallest absolute Gasteiger partial charge is 0.262 e. The Morgan fingerprint density at radius 1 is 0.929 bits per heavy atom. The molecule has 154 valence electrons. The molecule has 2 aromatic carbocycles. The van der Waals surface area contributed by atoms with E-state index >= 15 is 0 Å². The minimum absolute atomic E-state index is 0.0215. The third-order valence-electron chi connectivity index (χ3n) is 3.90. The first-order valence-corrected chi connectivity index (χ1v) is 11.9. The normalized spacial score (nSPS) is 12.2. The zero-order valence-corrected chi connectivity index (χ0v) is 18.6. The Kier molecular flexibility index (Phi) is 7.22. The van der Waals surface area contributed by atoms with E-state index in [4.69, 9.17) is 27.9 Å². The summed E-state index contributed by atoms with van der Waals surface area (Å²) < 4.78 is 59.7.